The number of carbonyl (C=O) groups is 1. The minimum Gasteiger partial charge on any atom is -0.356 e. The van der Waals surface area contributed by atoms with Gasteiger partial charge in [-0.25, -0.2) is 0 Å². The SMILES string of the molecule is CC(CNC(=O)CC1CCCN1)CN1CCN(C)CC1. The van der Waals surface area contributed by atoms with Crippen molar-refractivity contribution in [3.8, 4) is 0 Å². The van der Waals surface area contributed by atoms with E-state index in [-0.39, 0.29) is 5.91 Å². The van der Waals surface area contributed by atoms with Gasteiger partial charge in [-0.1, -0.05) is 6.92 Å². The molecule has 5 heteroatoms. The van der Waals surface area contributed by atoms with Crippen LogP contribution in [0.25, 0.3) is 0 Å². The first-order valence-corrected chi connectivity index (χ1v) is 8.04. The molecule has 2 N–H and O–H groups in total. The maximum Gasteiger partial charge on any atom is 0.221 e. The van der Waals surface area contributed by atoms with E-state index in [2.05, 4.69) is 34.4 Å². The number of rotatable bonds is 6. The zero-order valence-corrected chi connectivity index (χ0v) is 13.0. The lowest BCUT2D eigenvalue weighted by Crippen LogP contribution is -2.47. The van der Waals surface area contributed by atoms with Crippen LogP contribution in [-0.4, -0.2) is 74.6 Å². The minimum absolute atomic E-state index is 0.203. The Morgan fingerprint density at radius 2 is 2.10 bits per heavy atom. The highest BCUT2D eigenvalue weighted by Gasteiger charge is 2.19. The third-order valence-electron chi connectivity index (χ3n) is 4.41. The Hall–Kier alpha value is -0.650. The quantitative estimate of drug-likeness (QED) is 0.727. The summed E-state index contributed by atoms with van der Waals surface area (Å²) in [4.78, 5) is 16.7. The molecule has 0 aliphatic carbocycles. The van der Waals surface area contributed by atoms with Gasteiger partial charge in [0, 0.05) is 51.7 Å². The molecule has 2 heterocycles. The molecule has 0 aromatic heterocycles. The predicted octanol–water partition coefficient (Wildman–Crippen LogP) is 0.128. The summed E-state index contributed by atoms with van der Waals surface area (Å²) in [7, 11) is 2.18. The number of hydrogen-bond donors (Lipinski definition) is 2. The first-order chi connectivity index (χ1) is 9.63. The summed E-state index contributed by atoms with van der Waals surface area (Å²) in [5.74, 6) is 0.730. The molecule has 0 saturated carbocycles. The molecule has 0 spiro atoms. The first kappa shape index (κ1) is 15.7. The number of hydrogen-bond acceptors (Lipinski definition) is 4. The molecule has 5 nitrogen and oxygen atoms in total. The van der Waals surface area contributed by atoms with Crippen LogP contribution in [0, 0.1) is 5.92 Å². The summed E-state index contributed by atoms with van der Waals surface area (Å²) in [6.45, 7) is 9.82. The van der Waals surface area contributed by atoms with Gasteiger partial charge < -0.3 is 20.4 Å². The van der Waals surface area contributed by atoms with Gasteiger partial charge in [0.15, 0.2) is 0 Å². The van der Waals surface area contributed by atoms with Crippen LogP contribution < -0.4 is 10.6 Å². The van der Waals surface area contributed by atoms with Crippen molar-refractivity contribution in [3.63, 3.8) is 0 Å². The molecule has 2 aliphatic rings. The fraction of sp³-hybridized carbons (Fsp3) is 0.933. The van der Waals surface area contributed by atoms with Crippen molar-refractivity contribution in [3.05, 3.63) is 0 Å². The summed E-state index contributed by atoms with van der Waals surface area (Å²) in [5.41, 5.74) is 0. The second-order valence-electron chi connectivity index (χ2n) is 6.51. The van der Waals surface area contributed by atoms with Gasteiger partial charge >= 0.3 is 0 Å². The van der Waals surface area contributed by atoms with Crippen LogP contribution in [0.15, 0.2) is 0 Å². The molecule has 1 amide bonds. The Labute approximate surface area is 123 Å². The van der Waals surface area contributed by atoms with Crippen molar-refractivity contribution in [2.75, 3.05) is 52.9 Å². The molecule has 0 aromatic rings. The van der Waals surface area contributed by atoms with Gasteiger partial charge in [-0.15, -0.1) is 0 Å². The van der Waals surface area contributed by atoms with Crippen molar-refractivity contribution in [1.82, 2.24) is 20.4 Å². The largest absolute Gasteiger partial charge is 0.356 e. The Morgan fingerprint density at radius 3 is 2.75 bits per heavy atom. The predicted molar refractivity (Wildman–Crippen MR) is 81.8 cm³/mol. The van der Waals surface area contributed by atoms with Gasteiger partial charge in [0.1, 0.15) is 0 Å². The lowest BCUT2D eigenvalue weighted by molar-refractivity contribution is -0.121. The molecular weight excluding hydrogens is 252 g/mol. The standard InChI is InChI=1S/C15H30N4O/c1-13(12-19-8-6-18(2)7-9-19)11-17-15(20)10-14-4-3-5-16-14/h13-14,16H,3-12H2,1-2H3,(H,17,20). The number of nitrogens with zero attached hydrogens (tertiary/aromatic N) is 2. The second kappa shape index (κ2) is 7.96. The molecule has 2 fully saturated rings. The number of nitrogens with one attached hydrogen (secondary N) is 2. The van der Waals surface area contributed by atoms with Crippen LogP contribution in [0.2, 0.25) is 0 Å². The average molecular weight is 282 g/mol. The smallest absolute Gasteiger partial charge is 0.221 e. The van der Waals surface area contributed by atoms with Crippen molar-refractivity contribution < 1.29 is 4.79 Å². The first-order valence-electron chi connectivity index (χ1n) is 8.04. The molecule has 2 aliphatic heterocycles. The van der Waals surface area contributed by atoms with Gasteiger partial charge in [-0.05, 0) is 32.4 Å². The van der Waals surface area contributed by atoms with E-state index in [1.807, 2.05) is 0 Å². The van der Waals surface area contributed by atoms with E-state index < -0.39 is 0 Å². The number of likely N-dealkylation sites (N-methyl/N-ethyl adjacent to an activating group) is 1. The van der Waals surface area contributed by atoms with Crippen molar-refractivity contribution in [1.29, 1.82) is 0 Å². The normalized spacial score (nSPS) is 26.6. The van der Waals surface area contributed by atoms with E-state index in [9.17, 15) is 4.79 Å². The van der Waals surface area contributed by atoms with Gasteiger partial charge in [-0.2, -0.15) is 0 Å². The fourth-order valence-corrected chi connectivity index (χ4v) is 3.05. The van der Waals surface area contributed by atoms with Gasteiger partial charge in [0.2, 0.25) is 5.91 Å². The summed E-state index contributed by atoms with van der Waals surface area (Å²) >= 11 is 0. The molecule has 2 saturated heterocycles. The maximum atomic E-state index is 11.9. The van der Waals surface area contributed by atoms with Crippen molar-refractivity contribution >= 4 is 5.91 Å². The topological polar surface area (TPSA) is 47.6 Å². The Bertz CT molecular complexity index is 296. The van der Waals surface area contributed by atoms with Crippen LogP contribution in [-0.2, 0) is 4.79 Å². The summed E-state index contributed by atoms with van der Waals surface area (Å²) in [6.07, 6.45) is 2.99. The highest BCUT2D eigenvalue weighted by Crippen LogP contribution is 2.08. The van der Waals surface area contributed by atoms with Crippen LogP contribution in [0.4, 0.5) is 0 Å². The molecule has 2 atom stereocenters. The third-order valence-corrected chi connectivity index (χ3v) is 4.41. The highest BCUT2D eigenvalue weighted by atomic mass is 16.1. The van der Waals surface area contributed by atoms with Gasteiger partial charge in [0.25, 0.3) is 0 Å². The third kappa shape index (κ3) is 5.38. The maximum absolute atomic E-state index is 11.9. The molecule has 2 rings (SSSR count). The summed E-state index contributed by atoms with van der Waals surface area (Å²) in [6, 6.07) is 0.405. The highest BCUT2D eigenvalue weighted by molar-refractivity contribution is 5.76. The van der Waals surface area contributed by atoms with Crippen LogP contribution in [0.5, 0.6) is 0 Å². The van der Waals surface area contributed by atoms with Crippen LogP contribution >= 0.6 is 0 Å². The van der Waals surface area contributed by atoms with Crippen molar-refractivity contribution in [2.45, 2.75) is 32.2 Å². The molecule has 116 valence electrons. The molecule has 0 radical (unpaired) electrons. The van der Waals surface area contributed by atoms with Gasteiger partial charge in [-0.3, -0.25) is 4.79 Å². The monoisotopic (exact) mass is 282 g/mol. The van der Waals surface area contributed by atoms with Crippen LogP contribution in [0.1, 0.15) is 26.2 Å². The van der Waals surface area contributed by atoms with E-state index in [0.717, 1.165) is 52.2 Å². The Balaban J connectivity index is 1.57. The fourth-order valence-electron chi connectivity index (χ4n) is 3.05. The number of carbonyl (C=O) groups excluding carboxylic acids is 1. The molecular formula is C15H30N4O. The number of amides is 1. The number of piperazine rings is 1. The molecule has 0 bridgehead atoms. The second-order valence-corrected chi connectivity index (χ2v) is 6.51. The van der Waals surface area contributed by atoms with E-state index in [4.69, 9.17) is 0 Å². The molecule has 2 unspecified atom stereocenters. The lowest BCUT2D eigenvalue weighted by atomic mass is 10.1. The van der Waals surface area contributed by atoms with E-state index in [0.29, 0.717) is 18.4 Å². The average Bonchev–Trinajstić information content (AvgIpc) is 2.92. The lowest BCUT2D eigenvalue weighted by Gasteiger charge is -2.34. The molecule has 20 heavy (non-hydrogen) atoms. The minimum atomic E-state index is 0.203. The van der Waals surface area contributed by atoms with E-state index in [1.165, 1.54) is 6.42 Å². The molecule has 0 aromatic carbocycles. The zero-order chi connectivity index (χ0) is 14.4. The van der Waals surface area contributed by atoms with Crippen molar-refractivity contribution in [2.24, 2.45) is 5.92 Å². The summed E-state index contributed by atoms with van der Waals surface area (Å²) in [5, 5.41) is 6.46. The van der Waals surface area contributed by atoms with Gasteiger partial charge in [0.05, 0.1) is 0 Å². The van der Waals surface area contributed by atoms with E-state index >= 15 is 0 Å². The Morgan fingerprint density at radius 1 is 1.35 bits per heavy atom. The Kier molecular flexibility index (Phi) is 6.26. The summed E-state index contributed by atoms with van der Waals surface area (Å²) < 4.78 is 0. The van der Waals surface area contributed by atoms with Crippen LogP contribution in [0.3, 0.4) is 0 Å². The van der Waals surface area contributed by atoms with E-state index in [1.54, 1.807) is 0 Å². The zero-order valence-electron chi connectivity index (χ0n) is 13.0.